The van der Waals surface area contributed by atoms with Crippen LogP contribution in [0, 0.1) is 3.57 Å². The van der Waals surface area contributed by atoms with Gasteiger partial charge in [-0.2, -0.15) is 0 Å². The van der Waals surface area contributed by atoms with Crippen LogP contribution < -0.4 is 5.32 Å². The highest BCUT2D eigenvalue weighted by Gasteiger charge is 2.06. The van der Waals surface area contributed by atoms with Gasteiger partial charge in [-0.15, -0.1) is 0 Å². The van der Waals surface area contributed by atoms with E-state index >= 15 is 0 Å². The Morgan fingerprint density at radius 3 is 2.28 bits per heavy atom. The summed E-state index contributed by atoms with van der Waals surface area (Å²) in [6.07, 6.45) is 0. The van der Waals surface area contributed by atoms with Crippen LogP contribution in [0.4, 0.5) is 5.69 Å². The van der Waals surface area contributed by atoms with Gasteiger partial charge in [-0.25, -0.2) is 0 Å². The van der Waals surface area contributed by atoms with Gasteiger partial charge in [-0.05, 0) is 65.4 Å². The van der Waals surface area contributed by atoms with Crippen LogP contribution in [0.25, 0.3) is 0 Å². The first-order chi connectivity index (χ1) is 8.56. The van der Waals surface area contributed by atoms with Crippen LogP contribution in [-0.4, -0.2) is 0 Å². The molecule has 1 N–H and O–H groups in total. The van der Waals surface area contributed by atoms with Crippen molar-refractivity contribution < 1.29 is 0 Å². The van der Waals surface area contributed by atoms with Crippen molar-refractivity contribution in [2.75, 3.05) is 5.32 Å². The summed E-state index contributed by atoms with van der Waals surface area (Å²) in [7, 11) is 0. The number of rotatable bonds is 3. The predicted molar refractivity (Wildman–Crippen MR) is 87.7 cm³/mol. The fraction of sp³-hybridized carbons (Fsp3) is 0.143. The van der Waals surface area contributed by atoms with E-state index in [1.807, 2.05) is 12.1 Å². The van der Waals surface area contributed by atoms with Crippen LogP contribution in [0.2, 0.25) is 10.0 Å². The molecular formula is C14H12Cl2IN. The molecule has 1 atom stereocenters. The SMILES string of the molecule is CC(Nc1ccc(Cl)c(Cl)c1)c1ccc(I)cc1. The zero-order chi connectivity index (χ0) is 13.1. The van der Waals surface area contributed by atoms with Crippen molar-refractivity contribution in [3.8, 4) is 0 Å². The molecule has 0 spiro atoms. The van der Waals surface area contributed by atoms with Crippen LogP contribution in [0.1, 0.15) is 18.5 Å². The summed E-state index contributed by atoms with van der Waals surface area (Å²) in [5.41, 5.74) is 2.21. The van der Waals surface area contributed by atoms with Gasteiger partial charge in [0.25, 0.3) is 0 Å². The third kappa shape index (κ3) is 3.53. The van der Waals surface area contributed by atoms with E-state index in [0.29, 0.717) is 10.0 Å². The van der Waals surface area contributed by atoms with Crippen molar-refractivity contribution in [1.29, 1.82) is 0 Å². The Kier molecular flexibility index (Phi) is 4.76. The molecule has 0 bridgehead atoms. The topological polar surface area (TPSA) is 12.0 Å². The van der Waals surface area contributed by atoms with Crippen molar-refractivity contribution in [3.63, 3.8) is 0 Å². The van der Waals surface area contributed by atoms with E-state index in [2.05, 4.69) is 59.1 Å². The van der Waals surface area contributed by atoms with E-state index in [0.717, 1.165) is 5.69 Å². The van der Waals surface area contributed by atoms with E-state index in [1.165, 1.54) is 9.13 Å². The van der Waals surface area contributed by atoms with Crippen LogP contribution in [0.3, 0.4) is 0 Å². The lowest BCUT2D eigenvalue weighted by atomic mass is 10.1. The van der Waals surface area contributed by atoms with Crippen molar-refractivity contribution in [2.45, 2.75) is 13.0 Å². The summed E-state index contributed by atoms with van der Waals surface area (Å²) >= 11 is 14.2. The minimum Gasteiger partial charge on any atom is -0.378 e. The minimum atomic E-state index is 0.222. The van der Waals surface area contributed by atoms with Crippen LogP contribution in [0.5, 0.6) is 0 Å². The minimum absolute atomic E-state index is 0.222. The molecule has 0 aliphatic rings. The monoisotopic (exact) mass is 391 g/mol. The van der Waals surface area contributed by atoms with Gasteiger partial charge >= 0.3 is 0 Å². The van der Waals surface area contributed by atoms with Gasteiger partial charge in [0, 0.05) is 15.3 Å². The first-order valence-electron chi connectivity index (χ1n) is 5.53. The molecule has 4 heteroatoms. The lowest BCUT2D eigenvalue weighted by molar-refractivity contribution is 0.884. The molecular weight excluding hydrogens is 380 g/mol. The summed E-state index contributed by atoms with van der Waals surface area (Å²) in [6, 6.07) is 14.2. The molecule has 0 saturated heterocycles. The third-order valence-electron chi connectivity index (χ3n) is 2.67. The van der Waals surface area contributed by atoms with Gasteiger partial charge in [0.15, 0.2) is 0 Å². The number of benzene rings is 2. The molecule has 0 aromatic heterocycles. The third-order valence-corrected chi connectivity index (χ3v) is 4.13. The average Bonchev–Trinajstić information content (AvgIpc) is 2.34. The highest BCUT2D eigenvalue weighted by Crippen LogP contribution is 2.27. The Hall–Kier alpha value is -0.450. The molecule has 0 radical (unpaired) electrons. The van der Waals surface area contributed by atoms with Crippen molar-refractivity contribution in [1.82, 2.24) is 0 Å². The predicted octanol–water partition coefficient (Wildman–Crippen LogP) is 5.77. The molecule has 2 aromatic carbocycles. The van der Waals surface area contributed by atoms with Crippen LogP contribution in [0.15, 0.2) is 42.5 Å². The van der Waals surface area contributed by atoms with E-state index in [-0.39, 0.29) is 6.04 Å². The molecule has 2 aromatic rings. The molecule has 1 nitrogen and oxygen atoms in total. The molecule has 0 saturated carbocycles. The Bertz CT molecular complexity index is 540. The van der Waals surface area contributed by atoms with E-state index in [1.54, 1.807) is 6.07 Å². The van der Waals surface area contributed by atoms with Crippen LogP contribution in [-0.2, 0) is 0 Å². The number of anilines is 1. The molecule has 0 fully saturated rings. The summed E-state index contributed by atoms with van der Waals surface area (Å²) in [5, 5.41) is 4.54. The summed E-state index contributed by atoms with van der Waals surface area (Å²) in [4.78, 5) is 0. The number of nitrogens with one attached hydrogen (secondary N) is 1. The van der Waals surface area contributed by atoms with E-state index in [4.69, 9.17) is 23.2 Å². The van der Waals surface area contributed by atoms with Gasteiger partial charge in [-0.3, -0.25) is 0 Å². The second-order valence-corrected chi connectivity index (χ2v) is 6.11. The highest BCUT2D eigenvalue weighted by atomic mass is 127. The quantitative estimate of drug-likeness (QED) is 0.654. The summed E-state index contributed by atoms with van der Waals surface area (Å²) < 4.78 is 1.23. The first kappa shape index (κ1) is 14.0. The largest absolute Gasteiger partial charge is 0.378 e. The summed E-state index contributed by atoms with van der Waals surface area (Å²) in [5.74, 6) is 0. The fourth-order valence-corrected chi connectivity index (χ4v) is 2.33. The van der Waals surface area contributed by atoms with Crippen LogP contribution >= 0.6 is 45.8 Å². The normalized spacial score (nSPS) is 12.2. The molecule has 18 heavy (non-hydrogen) atoms. The van der Waals surface area contributed by atoms with Gasteiger partial charge in [0.1, 0.15) is 0 Å². The second-order valence-electron chi connectivity index (χ2n) is 4.05. The first-order valence-corrected chi connectivity index (χ1v) is 7.37. The maximum atomic E-state index is 5.99. The Morgan fingerprint density at radius 1 is 1.00 bits per heavy atom. The van der Waals surface area contributed by atoms with E-state index < -0.39 is 0 Å². The van der Waals surface area contributed by atoms with Crippen molar-refractivity contribution in [2.24, 2.45) is 0 Å². The van der Waals surface area contributed by atoms with Gasteiger partial charge < -0.3 is 5.32 Å². The Labute approximate surface area is 131 Å². The number of hydrogen-bond donors (Lipinski definition) is 1. The molecule has 0 heterocycles. The number of hydrogen-bond acceptors (Lipinski definition) is 1. The average molecular weight is 392 g/mol. The second kappa shape index (κ2) is 6.13. The summed E-state index contributed by atoms with van der Waals surface area (Å²) in [6.45, 7) is 2.12. The Balaban J connectivity index is 2.13. The maximum Gasteiger partial charge on any atom is 0.0612 e. The van der Waals surface area contributed by atoms with Gasteiger partial charge in [-0.1, -0.05) is 35.3 Å². The zero-order valence-corrected chi connectivity index (χ0v) is 13.4. The van der Waals surface area contributed by atoms with E-state index in [9.17, 15) is 0 Å². The molecule has 1 unspecified atom stereocenters. The molecule has 0 aliphatic heterocycles. The molecule has 94 valence electrons. The molecule has 2 rings (SSSR count). The zero-order valence-electron chi connectivity index (χ0n) is 9.75. The smallest absolute Gasteiger partial charge is 0.0612 e. The lowest BCUT2D eigenvalue weighted by Crippen LogP contribution is -2.06. The van der Waals surface area contributed by atoms with Crippen molar-refractivity contribution in [3.05, 3.63) is 61.6 Å². The molecule has 0 aliphatic carbocycles. The lowest BCUT2D eigenvalue weighted by Gasteiger charge is -2.16. The van der Waals surface area contributed by atoms with Crippen molar-refractivity contribution >= 4 is 51.5 Å². The highest BCUT2D eigenvalue weighted by molar-refractivity contribution is 14.1. The fourth-order valence-electron chi connectivity index (χ4n) is 1.67. The standard InChI is InChI=1S/C14H12Cl2IN/c1-9(10-2-4-11(17)5-3-10)18-12-6-7-13(15)14(16)8-12/h2-9,18H,1H3. The number of halogens is 3. The van der Waals surface area contributed by atoms with Gasteiger partial charge in [0.2, 0.25) is 0 Å². The van der Waals surface area contributed by atoms with Gasteiger partial charge in [0.05, 0.1) is 10.0 Å². The molecule has 0 amide bonds. The Morgan fingerprint density at radius 2 is 1.67 bits per heavy atom. The maximum absolute atomic E-state index is 5.99.